The Kier molecular flexibility index (Phi) is 3.02. The highest BCUT2D eigenvalue weighted by Gasteiger charge is 2.17. The van der Waals surface area contributed by atoms with Crippen molar-refractivity contribution in [3.8, 4) is 0 Å². The van der Waals surface area contributed by atoms with E-state index < -0.39 is 8.07 Å². The van der Waals surface area contributed by atoms with Crippen LogP contribution in [-0.2, 0) is 0 Å². The van der Waals surface area contributed by atoms with E-state index in [1.165, 1.54) is 11.6 Å². The number of hydrogen-bond acceptors (Lipinski definition) is 1. The summed E-state index contributed by atoms with van der Waals surface area (Å²) >= 11 is 5.30. The second-order valence-electron chi connectivity index (χ2n) is 4.48. The molecule has 0 saturated heterocycles. The van der Waals surface area contributed by atoms with Crippen molar-refractivity contribution < 1.29 is 0 Å². The van der Waals surface area contributed by atoms with E-state index in [0.29, 0.717) is 0 Å². The molecule has 0 aromatic carbocycles. The molecule has 0 N–H and O–H groups in total. The molecule has 0 radical (unpaired) electrons. The van der Waals surface area contributed by atoms with Gasteiger partial charge in [-0.05, 0) is 11.6 Å². The standard InChI is InChI=1S/C10H16SSi/c1-12(2,3)8-9-6-4-5-7-10(9)11/h4-6H,7-8H2,1-3H3. The zero-order valence-electron chi connectivity index (χ0n) is 8.05. The van der Waals surface area contributed by atoms with Gasteiger partial charge in [-0.1, -0.05) is 50.1 Å². The summed E-state index contributed by atoms with van der Waals surface area (Å²) in [6, 6.07) is 1.23. The Morgan fingerprint density at radius 3 is 2.58 bits per heavy atom. The summed E-state index contributed by atoms with van der Waals surface area (Å²) in [7, 11) is -0.976. The van der Waals surface area contributed by atoms with Crippen LogP contribution in [0.1, 0.15) is 6.42 Å². The smallest absolute Gasteiger partial charge is 0.0487 e. The van der Waals surface area contributed by atoms with E-state index in [9.17, 15) is 0 Å². The molecule has 0 unspecified atom stereocenters. The minimum atomic E-state index is -0.976. The molecule has 0 atom stereocenters. The van der Waals surface area contributed by atoms with Crippen molar-refractivity contribution >= 4 is 25.2 Å². The monoisotopic (exact) mass is 196 g/mol. The van der Waals surface area contributed by atoms with Gasteiger partial charge in [0.2, 0.25) is 0 Å². The second-order valence-corrected chi connectivity index (χ2v) is 10.5. The van der Waals surface area contributed by atoms with Gasteiger partial charge in [-0.15, -0.1) is 0 Å². The van der Waals surface area contributed by atoms with Gasteiger partial charge in [-0.2, -0.15) is 0 Å². The summed E-state index contributed by atoms with van der Waals surface area (Å²) in [4.78, 5) is 1.15. The Balaban J connectivity index is 2.68. The van der Waals surface area contributed by atoms with E-state index in [4.69, 9.17) is 12.2 Å². The zero-order valence-corrected chi connectivity index (χ0v) is 9.87. The Morgan fingerprint density at radius 1 is 1.42 bits per heavy atom. The lowest BCUT2D eigenvalue weighted by molar-refractivity contribution is 1.37. The van der Waals surface area contributed by atoms with Crippen LogP contribution >= 0.6 is 12.2 Å². The maximum Gasteiger partial charge on any atom is 0.0487 e. The van der Waals surface area contributed by atoms with Crippen molar-refractivity contribution in [2.75, 3.05) is 0 Å². The van der Waals surface area contributed by atoms with E-state index in [-0.39, 0.29) is 0 Å². The summed E-state index contributed by atoms with van der Waals surface area (Å²) in [6.45, 7) is 7.15. The predicted octanol–water partition coefficient (Wildman–Crippen LogP) is 3.58. The fourth-order valence-corrected chi connectivity index (χ4v) is 3.15. The quantitative estimate of drug-likeness (QED) is 0.480. The maximum atomic E-state index is 5.30. The molecule has 1 rings (SSSR count). The molecule has 0 aromatic heterocycles. The molecule has 0 nitrogen and oxygen atoms in total. The molecule has 0 amide bonds. The molecule has 0 heterocycles. The third kappa shape index (κ3) is 3.03. The normalized spacial score (nSPS) is 17.9. The maximum absolute atomic E-state index is 5.30. The minimum Gasteiger partial charge on any atom is -0.0843 e. The van der Waals surface area contributed by atoms with Crippen LogP contribution in [-0.4, -0.2) is 12.9 Å². The molecule has 12 heavy (non-hydrogen) atoms. The SMILES string of the molecule is C[Si](C)(C)CC1=CC=CCC1=S. The molecular formula is C10H16SSi. The summed E-state index contributed by atoms with van der Waals surface area (Å²) in [6.07, 6.45) is 7.43. The van der Waals surface area contributed by atoms with Crippen molar-refractivity contribution in [2.24, 2.45) is 0 Å². The molecule has 0 bridgehead atoms. The Hall–Kier alpha value is -0.213. The number of thiocarbonyl (C=S) groups is 1. The third-order valence-electron chi connectivity index (χ3n) is 1.82. The van der Waals surface area contributed by atoms with E-state index in [0.717, 1.165) is 11.3 Å². The van der Waals surface area contributed by atoms with Crippen molar-refractivity contribution in [3.05, 3.63) is 23.8 Å². The first-order chi connectivity index (χ1) is 5.49. The largest absolute Gasteiger partial charge is 0.0843 e. The van der Waals surface area contributed by atoms with Crippen LogP contribution in [0.5, 0.6) is 0 Å². The third-order valence-corrected chi connectivity index (χ3v) is 3.69. The molecule has 0 aliphatic heterocycles. The van der Waals surface area contributed by atoms with Gasteiger partial charge < -0.3 is 0 Å². The zero-order chi connectivity index (χ0) is 9.19. The fraction of sp³-hybridized carbons (Fsp3) is 0.500. The van der Waals surface area contributed by atoms with Gasteiger partial charge in [0.15, 0.2) is 0 Å². The van der Waals surface area contributed by atoms with Gasteiger partial charge in [0.25, 0.3) is 0 Å². The van der Waals surface area contributed by atoms with Crippen LogP contribution in [0.15, 0.2) is 23.8 Å². The Bertz CT molecular complexity index is 243. The molecule has 0 spiro atoms. The predicted molar refractivity (Wildman–Crippen MR) is 62.6 cm³/mol. The molecule has 1 aliphatic rings. The first-order valence-electron chi connectivity index (χ1n) is 4.38. The molecule has 1 aliphatic carbocycles. The summed E-state index contributed by atoms with van der Waals surface area (Å²) in [5.74, 6) is 0. The minimum absolute atomic E-state index is 0.976. The number of rotatable bonds is 2. The van der Waals surface area contributed by atoms with Crippen LogP contribution in [0.4, 0.5) is 0 Å². The van der Waals surface area contributed by atoms with Crippen LogP contribution in [0.3, 0.4) is 0 Å². The lowest BCUT2D eigenvalue weighted by Crippen LogP contribution is -2.22. The molecular weight excluding hydrogens is 180 g/mol. The molecule has 66 valence electrons. The summed E-state index contributed by atoms with van der Waals surface area (Å²) < 4.78 is 0. The lowest BCUT2D eigenvalue weighted by Gasteiger charge is -2.19. The number of allylic oxidation sites excluding steroid dienone is 4. The van der Waals surface area contributed by atoms with Crippen molar-refractivity contribution in [2.45, 2.75) is 32.1 Å². The highest BCUT2D eigenvalue weighted by Crippen LogP contribution is 2.21. The van der Waals surface area contributed by atoms with Crippen LogP contribution in [0.2, 0.25) is 25.7 Å². The molecule has 0 aromatic rings. The molecule has 0 fully saturated rings. The Labute approximate surface area is 81.4 Å². The van der Waals surface area contributed by atoms with Gasteiger partial charge in [0, 0.05) is 19.4 Å². The van der Waals surface area contributed by atoms with Gasteiger partial charge >= 0.3 is 0 Å². The van der Waals surface area contributed by atoms with Crippen LogP contribution in [0.25, 0.3) is 0 Å². The number of hydrogen-bond donors (Lipinski definition) is 0. The van der Waals surface area contributed by atoms with Crippen molar-refractivity contribution in [1.29, 1.82) is 0 Å². The van der Waals surface area contributed by atoms with E-state index >= 15 is 0 Å². The molecule has 2 heteroatoms. The first kappa shape index (κ1) is 9.87. The second kappa shape index (κ2) is 3.67. The molecule has 0 saturated carbocycles. The van der Waals surface area contributed by atoms with Crippen molar-refractivity contribution in [1.82, 2.24) is 0 Å². The van der Waals surface area contributed by atoms with E-state index in [1.807, 2.05) is 0 Å². The topological polar surface area (TPSA) is 0 Å². The van der Waals surface area contributed by atoms with Crippen molar-refractivity contribution in [3.63, 3.8) is 0 Å². The first-order valence-corrected chi connectivity index (χ1v) is 8.49. The Morgan fingerprint density at radius 2 is 2.08 bits per heavy atom. The fourth-order valence-electron chi connectivity index (χ4n) is 1.31. The lowest BCUT2D eigenvalue weighted by atomic mass is 10.1. The highest BCUT2D eigenvalue weighted by atomic mass is 32.1. The van der Waals surface area contributed by atoms with Crippen LogP contribution in [0, 0.1) is 0 Å². The van der Waals surface area contributed by atoms with Gasteiger partial charge in [-0.3, -0.25) is 0 Å². The summed E-state index contributed by atoms with van der Waals surface area (Å²) in [5.41, 5.74) is 1.41. The van der Waals surface area contributed by atoms with E-state index in [2.05, 4.69) is 37.9 Å². The average molecular weight is 196 g/mol. The van der Waals surface area contributed by atoms with Gasteiger partial charge in [0.05, 0.1) is 0 Å². The highest BCUT2D eigenvalue weighted by molar-refractivity contribution is 7.80. The van der Waals surface area contributed by atoms with Crippen LogP contribution < -0.4 is 0 Å². The van der Waals surface area contributed by atoms with Gasteiger partial charge in [0.1, 0.15) is 0 Å². The van der Waals surface area contributed by atoms with Gasteiger partial charge in [-0.25, -0.2) is 0 Å². The van der Waals surface area contributed by atoms with E-state index in [1.54, 1.807) is 0 Å². The average Bonchev–Trinajstić information content (AvgIpc) is 1.91. The summed E-state index contributed by atoms with van der Waals surface area (Å²) in [5, 5.41) is 0.